The van der Waals surface area contributed by atoms with E-state index in [4.69, 9.17) is 0 Å². The molecule has 0 aliphatic rings. The van der Waals surface area contributed by atoms with Crippen LogP contribution in [0.15, 0.2) is 30.7 Å². The second kappa shape index (κ2) is 7.97. The Morgan fingerprint density at radius 1 is 1.27 bits per heavy atom. The first-order valence-electron chi connectivity index (χ1n) is 4.54. The summed E-state index contributed by atoms with van der Waals surface area (Å²) in [6.07, 6.45) is 5.41. The molecule has 2 aromatic rings. The van der Waals surface area contributed by atoms with Gasteiger partial charge >= 0.3 is 0 Å². The fraction of sp³-hybridized carbons (Fsp3) is 0.182. The molecular weight excluding hydrogens is 281 g/mol. The summed E-state index contributed by atoms with van der Waals surface area (Å²) in [7, 11) is 0. The Labute approximate surface area is 120 Å². The van der Waals surface area contributed by atoms with Gasteiger partial charge in [-0.25, -0.2) is 0 Å². The third-order valence-corrected chi connectivity index (χ3v) is 2.40. The summed E-state index contributed by atoms with van der Waals surface area (Å²) in [5.41, 5.74) is 1.10. The van der Waals surface area contributed by atoms with E-state index in [0.29, 0.717) is 0 Å². The topological polar surface area (TPSA) is 25.8 Å². The molecule has 0 aliphatic carbocycles. The van der Waals surface area contributed by atoms with Crippen molar-refractivity contribution in [2.75, 3.05) is 0 Å². The van der Waals surface area contributed by atoms with Gasteiger partial charge in [-0.15, -0.1) is 0 Å². The van der Waals surface area contributed by atoms with E-state index in [1.165, 1.54) is 0 Å². The standard InChI is InChI=1S/C9H7N2S.C2H6.Y/c1-7-11-6-9(12-7)8-3-2-4-10-5-8;1-2;/h2-6H,1H2;1-2H3;/q-1;;. The van der Waals surface area contributed by atoms with Crippen LogP contribution in [0.4, 0.5) is 0 Å². The van der Waals surface area contributed by atoms with Crippen LogP contribution < -0.4 is 0 Å². The number of thiazole rings is 1. The van der Waals surface area contributed by atoms with Crippen molar-refractivity contribution in [2.24, 2.45) is 0 Å². The van der Waals surface area contributed by atoms with Gasteiger partial charge in [-0.05, 0) is 11.1 Å². The minimum atomic E-state index is 0. The molecule has 15 heavy (non-hydrogen) atoms. The number of nitrogens with zero attached hydrogens (tertiary/aromatic N) is 2. The largest absolute Gasteiger partial charge is 0.346 e. The molecule has 0 spiro atoms. The average Bonchev–Trinajstić information content (AvgIpc) is 2.69. The Bertz CT molecular complexity index is 373. The van der Waals surface area contributed by atoms with Crippen molar-refractivity contribution in [3.63, 3.8) is 0 Å². The predicted octanol–water partition coefficient (Wildman–Crippen LogP) is 3.41. The first-order valence-corrected chi connectivity index (χ1v) is 5.36. The second-order valence-corrected chi connectivity index (χ2v) is 3.48. The zero-order chi connectivity index (χ0) is 10.4. The fourth-order valence-corrected chi connectivity index (χ4v) is 1.66. The predicted molar refractivity (Wildman–Crippen MR) is 61.2 cm³/mol. The maximum absolute atomic E-state index is 4.07. The quantitative estimate of drug-likeness (QED) is 0.753. The van der Waals surface area contributed by atoms with Crippen molar-refractivity contribution >= 4 is 11.3 Å². The summed E-state index contributed by atoms with van der Waals surface area (Å²) < 4.78 is 0. The van der Waals surface area contributed by atoms with E-state index in [0.717, 1.165) is 15.4 Å². The van der Waals surface area contributed by atoms with Crippen molar-refractivity contribution in [1.29, 1.82) is 0 Å². The first kappa shape index (κ1) is 14.8. The molecule has 0 saturated heterocycles. The van der Waals surface area contributed by atoms with Crippen LogP contribution in [0.3, 0.4) is 0 Å². The van der Waals surface area contributed by atoms with Crippen molar-refractivity contribution in [3.05, 3.63) is 42.7 Å². The number of pyridine rings is 1. The molecule has 0 aliphatic heterocycles. The van der Waals surface area contributed by atoms with Gasteiger partial charge in [0.25, 0.3) is 0 Å². The molecule has 0 fully saturated rings. The van der Waals surface area contributed by atoms with Crippen LogP contribution in [-0.2, 0) is 32.7 Å². The van der Waals surface area contributed by atoms with Crippen LogP contribution in [0.25, 0.3) is 10.4 Å². The summed E-state index contributed by atoms with van der Waals surface area (Å²) in [6, 6.07) is 3.93. The van der Waals surface area contributed by atoms with Gasteiger partial charge in [0, 0.05) is 56.9 Å². The molecule has 0 atom stereocenters. The van der Waals surface area contributed by atoms with E-state index in [-0.39, 0.29) is 32.7 Å². The number of hydrogen-bond acceptors (Lipinski definition) is 3. The summed E-state index contributed by atoms with van der Waals surface area (Å²) in [4.78, 5) is 9.22. The summed E-state index contributed by atoms with van der Waals surface area (Å²) in [5, 5.41) is 0.842. The Kier molecular flexibility index (Phi) is 7.84. The van der Waals surface area contributed by atoms with E-state index in [1.807, 2.05) is 38.4 Å². The minimum Gasteiger partial charge on any atom is -0.346 e. The molecule has 0 saturated carbocycles. The third-order valence-electron chi connectivity index (χ3n) is 1.50. The van der Waals surface area contributed by atoms with Crippen LogP contribution in [0.2, 0.25) is 0 Å². The van der Waals surface area contributed by atoms with Crippen LogP contribution in [0, 0.1) is 6.92 Å². The van der Waals surface area contributed by atoms with Crippen molar-refractivity contribution in [3.8, 4) is 10.4 Å². The van der Waals surface area contributed by atoms with Crippen molar-refractivity contribution < 1.29 is 32.7 Å². The van der Waals surface area contributed by atoms with Gasteiger partial charge in [0.2, 0.25) is 0 Å². The monoisotopic (exact) mass is 294 g/mol. The Hall–Kier alpha value is -0.246. The van der Waals surface area contributed by atoms with Gasteiger partial charge in [-0.2, -0.15) is 11.3 Å². The maximum atomic E-state index is 4.07. The summed E-state index contributed by atoms with van der Waals surface area (Å²) >= 11 is 1.58. The molecule has 0 unspecified atom stereocenters. The number of hydrogen-bond donors (Lipinski definition) is 0. The fourth-order valence-electron chi connectivity index (χ4n) is 0.952. The van der Waals surface area contributed by atoms with E-state index in [2.05, 4.69) is 16.9 Å². The SMILES string of the molecule is CC.[CH2-]c1ncc(-c2cccnc2)s1.[Y]. The van der Waals surface area contributed by atoms with Gasteiger partial charge in [-0.1, -0.05) is 19.9 Å². The zero-order valence-corrected chi connectivity index (χ0v) is 12.6. The molecule has 2 rings (SSSR count). The van der Waals surface area contributed by atoms with Gasteiger partial charge in [0.1, 0.15) is 0 Å². The van der Waals surface area contributed by atoms with Gasteiger partial charge in [0.05, 0.1) is 4.88 Å². The Morgan fingerprint density at radius 3 is 2.47 bits per heavy atom. The second-order valence-electron chi connectivity index (χ2n) is 2.36. The van der Waals surface area contributed by atoms with Crippen LogP contribution >= 0.6 is 11.3 Å². The van der Waals surface area contributed by atoms with Crippen LogP contribution in [0.5, 0.6) is 0 Å². The normalized spacial score (nSPS) is 8.40. The zero-order valence-electron chi connectivity index (χ0n) is 8.97. The molecule has 2 aromatic heterocycles. The summed E-state index contributed by atoms with van der Waals surface area (Å²) in [5.74, 6) is 0. The van der Waals surface area contributed by atoms with Crippen LogP contribution in [0.1, 0.15) is 18.9 Å². The molecule has 0 amide bonds. The first-order chi connectivity index (χ1) is 6.86. The maximum Gasteiger partial charge on any atom is 0.0532 e. The summed E-state index contributed by atoms with van der Waals surface area (Å²) in [6.45, 7) is 7.75. The van der Waals surface area contributed by atoms with Gasteiger partial charge in [0.15, 0.2) is 0 Å². The number of aromatic nitrogens is 2. The van der Waals surface area contributed by atoms with E-state index in [1.54, 1.807) is 17.5 Å². The Balaban J connectivity index is 0.000000617. The average molecular weight is 294 g/mol. The van der Waals surface area contributed by atoms with Crippen LogP contribution in [-0.4, -0.2) is 9.97 Å². The smallest absolute Gasteiger partial charge is 0.0532 e. The van der Waals surface area contributed by atoms with E-state index in [9.17, 15) is 0 Å². The van der Waals surface area contributed by atoms with Crippen molar-refractivity contribution in [1.82, 2.24) is 9.97 Å². The molecule has 4 heteroatoms. The number of rotatable bonds is 1. The van der Waals surface area contributed by atoms with Crippen molar-refractivity contribution in [2.45, 2.75) is 13.8 Å². The molecule has 0 N–H and O–H groups in total. The molecule has 1 radical (unpaired) electrons. The van der Waals surface area contributed by atoms with E-state index < -0.39 is 0 Å². The van der Waals surface area contributed by atoms with Gasteiger partial charge in [-0.3, -0.25) is 9.97 Å². The van der Waals surface area contributed by atoms with E-state index >= 15 is 0 Å². The molecule has 0 bridgehead atoms. The molecule has 77 valence electrons. The molecule has 0 aromatic carbocycles. The molecule has 2 heterocycles. The molecular formula is C11H13N2SY-. The third kappa shape index (κ3) is 4.41. The van der Waals surface area contributed by atoms with Gasteiger partial charge < -0.3 is 6.92 Å². The minimum absolute atomic E-state index is 0. The molecule has 2 nitrogen and oxygen atoms in total. The Morgan fingerprint density at radius 2 is 2.00 bits per heavy atom.